The lowest BCUT2D eigenvalue weighted by molar-refractivity contribution is 0.102. The normalized spacial score (nSPS) is 14.4. The number of halogens is 1. The number of anilines is 2. The van der Waals surface area contributed by atoms with Crippen molar-refractivity contribution < 1.29 is 13.2 Å². The van der Waals surface area contributed by atoms with Crippen molar-refractivity contribution in [1.82, 2.24) is 14.3 Å². The zero-order valence-electron chi connectivity index (χ0n) is 18.3. The van der Waals surface area contributed by atoms with Crippen molar-refractivity contribution in [3.8, 4) is 6.07 Å². The Labute approximate surface area is 206 Å². The van der Waals surface area contributed by atoms with E-state index in [1.54, 1.807) is 43.3 Å². The van der Waals surface area contributed by atoms with E-state index in [2.05, 4.69) is 31.2 Å². The summed E-state index contributed by atoms with van der Waals surface area (Å²) in [5.74, 6) is 0.135. The first kappa shape index (κ1) is 23.8. The van der Waals surface area contributed by atoms with Crippen LogP contribution in [0, 0.1) is 18.3 Å². The summed E-state index contributed by atoms with van der Waals surface area (Å²) in [6.07, 6.45) is 0. The van der Waals surface area contributed by atoms with Crippen LogP contribution in [0.3, 0.4) is 0 Å². The topological polar surface area (TPSA) is 119 Å². The standard InChI is InChI=1S/C23H21BrN6O3S/c1-16-14-18(15-25)28-23(26-16)29-10-12-30(13-11-29)34(32,33)19-8-6-17(7-9-19)27-22(31)20-4-2-3-5-21(20)24/h2-9,14H,10-13H2,1H3,(H,27,31). The van der Waals surface area contributed by atoms with Gasteiger partial charge in [-0.05, 0) is 65.3 Å². The van der Waals surface area contributed by atoms with Crippen molar-refractivity contribution in [3.05, 3.63) is 76.0 Å². The molecule has 2 heterocycles. The number of amides is 1. The average Bonchev–Trinajstić information content (AvgIpc) is 2.84. The maximum Gasteiger partial charge on any atom is 0.256 e. The summed E-state index contributed by atoms with van der Waals surface area (Å²) in [6, 6.07) is 16.8. The average molecular weight is 541 g/mol. The van der Waals surface area contributed by atoms with Crippen LogP contribution in [0.25, 0.3) is 0 Å². The van der Waals surface area contributed by atoms with Crippen molar-refractivity contribution in [2.24, 2.45) is 0 Å². The molecule has 1 aromatic heterocycles. The van der Waals surface area contributed by atoms with Crippen LogP contribution in [-0.4, -0.2) is 54.8 Å². The molecule has 174 valence electrons. The van der Waals surface area contributed by atoms with Crippen LogP contribution in [0.1, 0.15) is 21.7 Å². The Bertz CT molecular complexity index is 1360. The first-order chi connectivity index (χ1) is 16.3. The summed E-state index contributed by atoms with van der Waals surface area (Å²) >= 11 is 3.35. The molecule has 0 bridgehead atoms. The summed E-state index contributed by atoms with van der Waals surface area (Å²) in [4.78, 5) is 23.1. The van der Waals surface area contributed by atoms with Gasteiger partial charge in [0.05, 0.1) is 10.5 Å². The second-order valence-electron chi connectivity index (χ2n) is 7.66. The first-order valence-electron chi connectivity index (χ1n) is 10.4. The highest BCUT2D eigenvalue weighted by atomic mass is 79.9. The quantitative estimate of drug-likeness (QED) is 0.527. The predicted molar refractivity (Wildman–Crippen MR) is 131 cm³/mol. The molecule has 0 unspecified atom stereocenters. The van der Waals surface area contributed by atoms with Gasteiger partial charge in [0, 0.05) is 42.0 Å². The summed E-state index contributed by atoms with van der Waals surface area (Å²) in [6.45, 7) is 3.14. The molecule has 9 nitrogen and oxygen atoms in total. The fourth-order valence-electron chi connectivity index (χ4n) is 3.58. The number of piperazine rings is 1. The number of nitrogens with zero attached hydrogens (tertiary/aromatic N) is 5. The highest BCUT2D eigenvalue weighted by Crippen LogP contribution is 2.23. The molecule has 0 atom stereocenters. The third-order valence-electron chi connectivity index (χ3n) is 5.35. The van der Waals surface area contributed by atoms with Crippen LogP contribution in [-0.2, 0) is 10.0 Å². The van der Waals surface area contributed by atoms with Crippen LogP contribution in [0.5, 0.6) is 0 Å². The number of aryl methyl sites for hydroxylation is 1. The molecule has 0 radical (unpaired) electrons. The molecule has 0 saturated carbocycles. The second kappa shape index (κ2) is 9.89. The van der Waals surface area contributed by atoms with Crippen molar-refractivity contribution in [2.75, 3.05) is 36.4 Å². The van der Waals surface area contributed by atoms with E-state index in [1.165, 1.54) is 16.4 Å². The number of sulfonamides is 1. The number of hydrogen-bond acceptors (Lipinski definition) is 7. The monoisotopic (exact) mass is 540 g/mol. The van der Waals surface area contributed by atoms with Crippen molar-refractivity contribution in [2.45, 2.75) is 11.8 Å². The lowest BCUT2D eigenvalue weighted by atomic mass is 10.2. The number of nitrogens with one attached hydrogen (secondary N) is 1. The molecular formula is C23H21BrN6O3S. The number of aromatic nitrogens is 2. The van der Waals surface area contributed by atoms with E-state index in [1.807, 2.05) is 17.0 Å². The molecular weight excluding hydrogens is 520 g/mol. The number of hydrogen-bond donors (Lipinski definition) is 1. The SMILES string of the molecule is Cc1cc(C#N)nc(N2CCN(S(=O)(=O)c3ccc(NC(=O)c4ccccc4Br)cc3)CC2)n1. The maximum absolute atomic E-state index is 13.1. The van der Waals surface area contributed by atoms with E-state index >= 15 is 0 Å². The van der Waals surface area contributed by atoms with Crippen LogP contribution in [0.2, 0.25) is 0 Å². The van der Waals surface area contributed by atoms with Crippen LogP contribution < -0.4 is 10.2 Å². The molecule has 1 saturated heterocycles. The Balaban J connectivity index is 1.42. The van der Waals surface area contributed by atoms with Gasteiger partial charge in [-0.1, -0.05) is 12.1 Å². The highest BCUT2D eigenvalue weighted by molar-refractivity contribution is 9.10. The molecule has 0 aliphatic carbocycles. The minimum absolute atomic E-state index is 0.151. The molecule has 11 heteroatoms. The molecule has 0 spiro atoms. The van der Waals surface area contributed by atoms with Crippen LogP contribution >= 0.6 is 15.9 Å². The van der Waals surface area contributed by atoms with Crippen molar-refractivity contribution >= 4 is 43.5 Å². The first-order valence-corrected chi connectivity index (χ1v) is 12.7. The molecule has 1 aliphatic heterocycles. The highest BCUT2D eigenvalue weighted by Gasteiger charge is 2.29. The number of nitriles is 1. The Morgan fingerprint density at radius 2 is 1.74 bits per heavy atom. The smallest absolute Gasteiger partial charge is 0.256 e. The van der Waals surface area contributed by atoms with Crippen LogP contribution in [0.4, 0.5) is 11.6 Å². The second-order valence-corrected chi connectivity index (χ2v) is 10.4. The number of rotatable bonds is 5. The van der Waals surface area contributed by atoms with Gasteiger partial charge in [-0.2, -0.15) is 9.57 Å². The van der Waals surface area contributed by atoms with Gasteiger partial charge >= 0.3 is 0 Å². The number of benzene rings is 2. The largest absolute Gasteiger partial charge is 0.338 e. The van der Waals surface area contributed by atoms with E-state index in [0.29, 0.717) is 40.5 Å². The minimum atomic E-state index is -3.70. The Kier molecular flexibility index (Phi) is 6.92. The summed E-state index contributed by atoms with van der Waals surface area (Å²) in [7, 11) is -3.70. The predicted octanol–water partition coefficient (Wildman–Crippen LogP) is 3.18. The van der Waals surface area contributed by atoms with Gasteiger partial charge in [0.1, 0.15) is 11.8 Å². The minimum Gasteiger partial charge on any atom is -0.338 e. The fourth-order valence-corrected chi connectivity index (χ4v) is 5.47. The maximum atomic E-state index is 13.1. The molecule has 34 heavy (non-hydrogen) atoms. The van der Waals surface area contributed by atoms with Gasteiger partial charge in [-0.3, -0.25) is 4.79 Å². The number of carbonyl (C=O) groups excluding carboxylic acids is 1. The lowest BCUT2D eigenvalue weighted by Crippen LogP contribution is -2.49. The lowest BCUT2D eigenvalue weighted by Gasteiger charge is -2.34. The zero-order chi connectivity index (χ0) is 24.3. The fraction of sp³-hybridized carbons (Fsp3) is 0.217. The third-order valence-corrected chi connectivity index (χ3v) is 7.95. The summed E-state index contributed by atoms with van der Waals surface area (Å²) < 4.78 is 28.3. The molecule has 1 N–H and O–H groups in total. The van der Waals surface area contributed by atoms with Gasteiger partial charge in [-0.15, -0.1) is 0 Å². The van der Waals surface area contributed by atoms with Gasteiger partial charge < -0.3 is 10.2 Å². The van der Waals surface area contributed by atoms with Gasteiger partial charge in [0.25, 0.3) is 5.91 Å². The van der Waals surface area contributed by atoms with E-state index in [0.717, 1.165) is 0 Å². The number of carbonyl (C=O) groups is 1. The zero-order valence-corrected chi connectivity index (χ0v) is 20.7. The molecule has 1 aliphatic rings. The van der Waals surface area contributed by atoms with E-state index in [9.17, 15) is 13.2 Å². The Hall–Kier alpha value is -3.33. The summed E-state index contributed by atoms with van der Waals surface area (Å²) in [5.41, 5.74) is 1.94. The molecule has 4 rings (SSSR count). The Morgan fingerprint density at radius 3 is 2.38 bits per heavy atom. The van der Waals surface area contributed by atoms with Crippen LogP contribution in [0.15, 0.2) is 64.0 Å². The molecule has 2 aromatic carbocycles. The molecule has 1 fully saturated rings. The van der Waals surface area contributed by atoms with E-state index in [4.69, 9.17) is 5.26 Å². The van der Waals surface area contributed by atoms with Crippen molar-refractivity contribution in [3.63, 3.8) is 0 Å². The molecule has 3 aromatic rings. The Morgan fingerprint density at radius 1 is 1.06 bits per heavy atom. The summed E-state index contributed by atoms with van der Waals surface area (Å²) in [5, 5.41) is 11.9. The van der Waals surface area contributed by atoms with Gasteiger partial charge in [-0.25, -0.2) is 18.4 Å². The van der Waals surface area contributed by atoms with Gasteiger partial charge in [0.15, 0.2) is 0 Å². The van der Waals surface area contributed by atoms with Crippen molar-refractivity contribution in [1.29, 1.82) is 5.26 Å². The third kappa shape index (κ3) is 5.09. The molecule has 1 amide bonds. The van der Waals surface area contributed by atoms with E-state index < -0.39 is 10.0 Å². The van der Waals surface area contributed by atoms with E-state index in [-0.39, 0.29) is 29.6 Å². The van der Waals surface area contributed by atoms with Gasteiger partial charge in [0.2, 0.25) is 16.0 Å².